The molecule has 1 N–H and O–H groups in total. The van der Waals surface area contributed by atoms with Crippen LogP contribution in [0.3, 0.4) is 0 Å². The Kier molecular flexibility index (Phi) is 5.89. The SMILES string of the molecule is COc1ccc(C(=O)OCC(=O)Nc2ccc(F)cc2F)c(OC)c1. The first-order chi connectivity index (χ1) is 11.9. The molecular formula is C17H15F2NO5. The molecule has 0 aliphatic rings. The third kappa shape index (κ3) is 4.66. The lowest BCUT2D eigenvalue weighted by Crippen LogP contribution is -2.21. The van der Waals surface area contributed by atoms with Gasteiger partial charge in [-0.05, 0) is 24.3 Å². The van der Waals surface area contributed by atoms with Crippen LogP contribution >= 0.6 is 0 Å². The van der Waals surface area contributed by atoms with Gasteiger partial charge >= 0.3 is 5.97 Å². The van der Waals surface area contributed by atoms with Crippen LogP contribution in [0.2, 0.25) is 0 Å². The molecule has 0 aliphatic heterocycles. The molecular weight excluding hydrogens is 336 g/mol. The summed E-state index contributed by atoms with van der Waals surface area (Å²) in [6.45, 7) is -0.648. The van der Waals surface area contributed by atoms with Gasteiger partial charge in [0.05, 0.1) is 19.9 Å². The second-order valence-corrected chi connectivity index (χ2v) is 4.81. The average molecular weight is 351 g/mol. The minimum absolute atomic E-state index is 0.101. The van der Waals surface area contributed by atoms with E-state index < -0.39 is 30.1 Å². The third-order valence-electron chi connectivity index (χ3n) is 3.17. The number of carbonyl (C=O) groups excluding carboxylic acids is 2. The van der Waals surface area contributed by atoms with Crippen molar-refractivity contribution < 1.29 is 32.6 Å². The number of amides is 1. The monoisotopic (exact) mass is 351 g/mol. The first-order valence-corrected chi connectivity index (χ1v) is 7.08. The van der Waals surface area contributed by atoms with Gasteiger partial charge in [0.15, 0.2) is 6.61 Å². The number of nitrogens with one attached hydrogen (secondary N) is 1. The molecule has 0 aliphatic carbocycles. The quantitative estimate of drug-likeness (QED) is 0.810. The zero-order valence-electron chi connectivity index (χ0n) is 13.5. The summed E-state index contributed by atoms with van der Waals surface area (Å²) >= 11 is 0. The van der Waals surface area contributed by atoms with Crippen LogP contribution in [0, 0.1) is 11.6 Å². The number of rotatable bonds is 6. The summed E-state index contributed by atoms with van der Waals surface area (Å²) in [5.41, 5.74) is -0.117. The fourth-order valence-corrected chi connectivity index (χ4v) is 1.95. The van der Waals surface area contributed by atoms with Gasteiger partial charge in [0.2, 0.25) is 0 Å². The van der Waals surface area contributed by atoms with Crippen molar-refractivity contribution in [2.24, 2.45) is 0 Å². The van der Waals surface area contributed by atoms with Gasteiger partial charge in [0, 0.05) is 12.1 Å². The highest BCUT2D eigenvalue weighted by atomic mass is 19.1. The molecule has 0 bridgehead atoms. The van der Waals surface area contributed by atoms with Crippen molar-refractivity contribution in [3.63, 3.8) is 0 Å². The molecule has 2 rings (SSSR count). The van der Waals surface area contributed by atoms with E-state index in [-0.39, 0.29) is 17.0 Å². The predicted octanol–water partition coefficient (Wildman–Crippen LogP) is 2.78. The molecule has 1 amide bonds. The Morgan fingerprint density at radius 1 is 1.04 bits per heavy atom. The van der Waals surface area contributed by atoms with Crippen molar-refractivity contribution in [1.29, 1.82) is 0 Å². The molecule has 132 valence electrons. The molecule has 0 saturated carbocycles. The van der Waals surface area contributed by atoms with E-state index in [1.165, 1.54) is 32.4 Å². The van der Waals surface area contributed by atoms with Crippen LogP contribution in [0.1, 0.15) is 10.4 Å². The number of benzene rings is 2. The highest BCUT2D eigenvalue weighted by Crippen LogP contribution is 2.25. The molecule has 0 unspecified atom stereocenters. The van der Waals surface area contributed by atoms with Gasteiger partial charge in [0.1, 0.15) is 28.7 Å². The predicted molar refractivity (Wildman–Crippen MR) is 84.8 cm³/mol. The van der Waals surface area contributed by atoms with Crippen molar-refractivity contribution in [2.75, 3.05) is 26.1 Å². The lowest BCUT2D eigenvalue weighted by molar-refractivity contribution is -0.119. The molecule has 6 nitrogen and oxygen atoms in total. The first kappa shape index (κ1) is 18.2. The minimum Gasteiger partial charge on any atom is -0.497 e. The maximum Gasteiger partial charge on any atom is 0.342 e. The summed E-state index contributed by atoms with van der Waals surface area (Å²) in [5.74, 6) is -2.57. The Labute approximate surface area is 142 Å². The molecule has 0 radical (unpaired) electrons. The minimum atomic E-state index is -0.934. The van der Waals surface area contributed by atoms with Crippen LogP contribution in [0.25, 0.3) is 0 Å². The van der Waals surface area contributed by atoms with Crippen molar-refractivity contribution in [3.05, 3.63) is 53.6 Å². The van der Waals surface area contributed by atoms with Crippen molar-refractivity contribution in [3.8, 4) is 11.5 Å². The molecule has 0 spiro atoms. The Morgan fingerprint density at radius 3 is 2.44 bits per heavy atom. The van der Waals surface area contributed by atoms with Crippen LogP contribution in [0.5, 0.6) is 11.5 Å². The van der Waals surface area contributed by atoms with Crippen LogP contribution in [0.4, 0.5) is 14.5 Å². The number of ether oxygens (including phenoxy) is 3. The van der Waals surface area contributed by atoms with Gasteiger partial charge in [-0.2, -0.15) is 0 Å². The topological polar surface area (TPSA) is 73.9 Å². The Morgan fingerprint density at radius 2 is 1.80 bits per heavy atom. The lowest BCUT2D eigenvalue weighted by atomic mass is 10.2. The highest BCUT2D eigenvalue weighted by Gasteiger charge is 2.17. The van der Waals surface area contributed by atoms with Gasteiger partial charge in [-0.25, -0.2) is 13.6 Å². The summed E-state index contributed by atoms with van der Waals surface area (Å²) in [4.78, 5) is 23.8. The molecule has 0 fully saturated rings. The van der Waals surface area contributed by atoms with Gasteiger partial charge in [-0.1, -0.05) is 0 Å². The van der Waals surface area contributed by atoms with Gasteiger partial charge < -0.3 is 19.5 Å². The largest absolute Gasteiger partial charge is 0.497 e. The molecule has 2 aromatic carbocycles. The second-order valence-electron chi connectivity index (χ2n) is 4.81. The Balaban J connectivity index is 1.98. The summed E-state index contributed by atoms with van der Waals surface area (Å²) in [6, 6.07) is 7.14. The van der Waals surface area contributed by atoms with Crippen LogP contribution in [0.15, 0.2) is 36.4 Å². The van der Waals surface area contributed by atoms with E-state index >= 15 is 0 Å². The van der Waals surface area contributed by atoms with E-state index in [1.54, 1.807) is 0 Å². The maximum atomic E-state index is 13.5. The molecule has 0 heterocycles. The molecule has 0 aromatic heterocycles. The molecule has 8 heteroatoms. The van der Waals surface area contributed by atoms with Gasteiger partial charge in [-0.3, -0.25) is 4.79 Å². The van der Waals surface area contributed by atoms with Gasteiger partial charge in [-0.15, -0.1) is 0 Å². The van der Waals surface area contributed by atoms with Crippen molar-refractivity contribution >= 4 is 17.6 Å². The van der Waals surface area contributed by atoms with E-state index in [9.17, 15) is 18.4 Å². The highest BCUT2D eigenvalue weighted by molar-refractivity contribution is 5.97. The Bertz CT molecular complexity index is 795. The van der Waals surface area contributed by atoms with E-state index in [4.69, 9.17) is 14.2 Å². The van der Waals surface area contributed by atoms with Crippen LogP contribution in [-0.4, -0.2) is 32.7 Å². The fourth-order valence-electron chi connectivity index (χ4n) is 1.95. The number of halogens is 2. The summed E-state index contributed by atoms with van der Waals surface area (Å²) in [6.07, 6.45) is 0. The zero-order chi connectivity index (χ0) is 18.4. The van der Waals surface area contributed by atoms with E-state index in [0.717, 1.165) is 12.1 Å². The maximum absolute atomic E-state index is 13.5. The second kappa shape index (κ2) is 8.09. The lowest BCUT2D eigenvalue weighted by Gasteiger charge is -2.10. The standard InChI is InChI=1S/C17H15F2NO5/c1-23-11-4-5-12(15(8-11)24-2)17(22)25-9-16(21)20-14-6-3-10(18)7-13(14)19/h3-8H,9H2,1-2H3,(H,20,21). The number of anilines is 1. The Hall–Kier alpha value is -3.16. The first-order valence-electron chi connectivity index (χ1n) is 7.08. The number of carbonyl (C=O) groups is 2. The van der Waals surface area contributed by atoms with Crippen LogP contribution in [-0.2, 0) is 9.53 Å². The molecule has 2 aromatic rings. The number of hydrogen-bond donors (Lipinski definition) is 1. The third-order valence-corrected chi connectivity index (χ3v) is 3.17. The van der Waals surface area contributed by atoms with E-state index in [1.807, 2.05) is 0 Å². The van der Waals surface area contributed by atoms with Gasteiger partial charge in [0.25, 0.3) is 5.91 Å². The van der Waals surface area contributed by atoms with E-state index in [2.05, 4.69) is 5.32 Å². The molecule has 25 heavy (non-hydrogen) atoms. The fraction of sp³-hybridized carbons (Fsp3) is 0.176. The smallest absolute Gasteiger partial charge is 0.342 e. The molecule has 0 saturated heterocycles. The molecule has 0 atom stereocenters. The van der Waals surface area contributed by atoms with Crippen molar-refractivity contribution in [2.45, 2.75) is 0 Å². The number of hydrogen-bond acceptors (Lipinski definition) is 5. The number of esters is 1. The normalized spacial score (nSPS) is 10.1. The summed E-state index contributed by atoms with van der Waals surface area (Å²) in [7, 11) is 2.83. The average Bonchev–Trinajstić information content (AvgIpc) is 2.61. The van der Waals surface area contributed by atoms with E-state index in [0.29, 0.717) is 11.8 Å². The number of methoxy groups -OCH3 is 2. The van der Waals surface area contributed by atoms with Crippen molar-refractivity contribution in [1.82, 2.24) is 0 Å². The summed E-state index contributed by atoms with van der Waals surface area (Å²) in [5, 5.41) is 2.18. The zero-order valence-corrected chi connectivity index (χ0v) is 13.5. The van der Waals surface area contributed by atoms with Crippen LogP contribution < -0.4 is 14.8 Å². The summed E-state index contributed by atoms with van der Waals surface area (Å²) < 4.78 is 41.2.